The van der Waals surface area contributed by atoms with Crippen molar-refractivity contribution in [1.82, 2.24) is 20.8 Å². The van der Waals surface area contributed by atoms with E-state index in [0.29, 0.717) is 5.56 Å². The van der Waals surface area contributed by atoms with Crippen LogP contribution >= 0.6 is 0 Å². The first kappa shape index (κ1) is 14.8. The zero-order valence-electron chi connectivity index (χ0n) is 12.2. The molecule has 6 heteroatoms. The second-order valence-electron chi connectivity index (χ2n) is 5.69. The minimum atomic E-state index is -0.476. The van der Waals surface area contributed by atoms with Gasteiger partial charge in [0.15, 0.2) is 0 Å². The number of nitrogens with zero attached hydrogens (tertiary/aromatic N) is 1. The minimum Gasteiger partial charge on any atom is -0.350 e. The number of carbonyl (C=O) groups is 2. The van der Waals surface area contributed by atoms with Gasteiger partial charge in [-0.15, -0.1) is 0 Å². The molecule has 0 aliphatic rings. The van der Waals surface area contributed by atoms with E-state index < -0.39 is 5.91 Å². The molecule has 110 valence electrons. The highest BCUT2D eigenvalue weighted by molar-refractivity contribution is 5.98. The van der Waals surface area contributed by atoms with Gasteiger partial charge in [0.2, 0.25) is 0 Å². The van der Waals surface area contributed by atoms with Gasteiger partial charge in [0.1, 0.15) is 5.69 Å². The van der Waals surface area contributed by atoms with Crippen LogP contribution in [0.3, 0.4) is 0 Å². The number of benzene rings is 1. The predicted octanol–water partition coefficient (Wildman–Crippen LogP) is 1.78. The molecule has 1 aromatic heterocycles. The normalized spacial score (nSPS) is 11.0. The van der Waals surface area contributed by atoms with Crippen molar-refractivity contribution in [2.45, 2.75) is 26.2 Å². The number of H-pyrrole nitrogens is 1. The summed E-state index contributed by atoms with van der Waals surface area (Å²) in [7, 11) is 0. The average molecular weight is 286 g/mol. The summed E-state index contributed by atoms with van der Waals surface area (Å²) >= 11 is 0. The van der Waals surface area contributed by atoms with E-state index in [4.69, 9.17) is 0 Å². The van der Waals surface area contributed by atoms with E-state index in [0.717, 1.165) is 5.56 Å². The summed E-state index contributed by atoms with van der Waals surface area (Å²) in [4.78, 5) is 30.0. The topological polar surface area (TPSA) is 86.9 Å². The fourth-order valence-electron chi connectivity index (χ4n) is 1.76. The van der Waals surface area contributed by atoms with Gasteiger partial charge in [-0.1, -0.05) is 32.9 Å². The van der Waals surface area contributed by atoms with Gasteiger partial charge in [0.05, 0.1) is 6.33 Å². The van der Waals surface area contributed by atoms with Crippen molar-refractivity contribution in [3.8, 4) is 0 Å². The van der Waals surface area contributed by atoms with Crippen molar-refractivity contribution >= 4 is 11.8 Å². The molecule has 0 radical (unpaired) electrons. The maximum atomic E-state index is 11.9. The van der Waals surface area contributed by atoms with E-state index in [9.17, 15) is 9.59 Å². The number of rotatable bonds is 2. The van der Waals surface area contributed by atoms with Crippen LogP contribution in [-0.4, -0.2) is 21.8 Å². The van der Waals surface area contributed by atoms with Crippen LogP contribution in [0.5, 0.6) is 0 Å². The lowest BCUT2D eigenvalue weighted by Crippen LogP contribution is -2.41. The molecule has 0 unspecified atom stereocenters. The van der Waals surface area contributed by atoms with Gasteiger partial charge >= 0.3 is 0 Å². The number of hydrazine groups is 1. The fourth-order valence-corrected chi connectivity index (χ4v) is 1.76. The van der Waals surface area contributed by atoms with E-state index in [1.54, 1.807) is 12.1 Å². The zero-order valence-corrected chi connectivity index (χ0v) is 12.2. The van der Waals surface area contributed by atoms with Crippen molar-refractivity contribution in [1.29, 1.82) is 0 Å². The van der Waals surface area contributed by atoms with Gasteiger partial charge in [-0.05, 0) is 23.1 Å². The number of hydrogen-bond donors (Lipinski definition) is 3. The Kier molecular flexibility index (Phi) is 4.07. The SMILES string of the molecule is CC(C)(C)c1ccc(C(=O)NNC(=O)c2c[nH]cn2)cc1. The van der Waals surface area contributed by atoms with Crippen molar-refractivity contribution in [2.75, 3.05) is 0 Å². The molecule has 2 amide bonds. The Morgan fingerprint density at radius 1 is 1.05 bits per heavy atom. The number of imidazole rings is 1. The van der Waals surface area contributed by atoms with E-state index in [1.807, 2.05) is 12.1 Å². The van der Waals surface area contributed by atoms with Crippen LogP contribution in [-0.2, 0) is 5.41 Å². The Labute approximate surface area is 122 Å². The van der Waals surface area contributed by atoms with E-state index >= 15 is 0 Å². The second kappa shape index (κ2) is 5.78. The molecule has 0 saturated carbocycles. The highest BCUT2D eigenvalue weighted by Gasteiger charge is 2.15. The first-order valence-electron chi connectivity index (χ1n) is 6.58. The van der Waals surface area contributed by atoms with Gasteiger partial charge in [-0.2, -0.15) is 0 Å². The van der Waals surface area contributed by atoms with Crippen molar-refractivity contribution < 1.29 is 9.59 Å². The van der Waals surface area contributed by atoms with Crippen molar-refractivity contribution in [2.24, 2.45) is 0 Å². The molecule has 2 rings (SSSR count). The van der Waals surface area contributed by atoms with Crippen LogP contribution in [0, 0.1) is 0 Å². The van der Waals surface area contributed by atoms with Crippen LogP contribution in [0.25, 0.3) is 0 Å². The molecular weight excluding hydrogens is 268 g/mol. The summed E-state index contributed by atoms with van der Waals surface area (Å²) in [5, 5.41) is 0. The van der Waals surface area contributed by atoms with E-state index in [-0.39, 0.29) is 17.0 Å². The molecule has 0 fully saturated rings. The van der Waals surface area contributed by atoms with Gasteiger partial charge in [-0.25, -0.2) is 4.98 Å². The first-order chi connectivity index (χ1) is 9.88. The maximum Gasteiger partial charge on any atom is 0.289 e. The molecule has 1 heterocycles. The molecule has 0 bridgehead atoms. The summed E-state index contributed by atoms with van der Waals surface area (Å²) in [5.74, 6) is -0.852. The van der Waals surface area contributed by atoms with Crippen LogP contribution in [0.1, 0.15) is 47.2 Å². The molecule has 3 N–H and O–H groups in total. The Balaban J connectivity index is 1.96. The number of carbonyl (C=O) groups excluding carboxylic acids is 2. The molecule has 0 spiro atoms. The summed E-state index contributed by atoms with van der Waals surface area (Å²) in [5.41, 5.74) is 6.51. The smallest absolute Gasteiger partial charge is 0.289 e. The third-order valence-electron chi connectivity index (χ3n) is 3.03. The number of aromatic amines is 1. The second-order valence-corrected chi connectivity index (χ2v) is 5.69. The minimum absolute atomic E-state index is 0.0309. The standard InChI is InChI=1S/C15H18N4O2/c1-15(2,3)11-6-4-10(5-7-11)13(20)18-19-14(21)12-8-16-9-17-12/h4-9H,1-3H3,(H,16,17)(H,18,20)(H,19,21). The summed E-state index contributed by atoms with van der Waals surface area (Å²) in [6, 6.07) is 7.28. The number of nitrogens with one attached hydrogen (secondary N) is 3. The molecule has 0 aliphatic heterocycles. The lowest BCUT2D eigenvalue weighted by atomic mass is 9.87. The highest BCUT2D eigenvalue weighted by Crippen LogP contribution is 2.22. The number of hydrogen-bond acceptors (Lipinski definition) is 3. The van der Waals surface area contributed by atoms with E-state index in [1.165, 1.54) is 12.5 Å². The molecule has 0 atom stereocenters. The highest BCUT2D eigenvalue weighted by atomic mass is 16.2. The van der Waals surface area contributed by atoms with Gasteiger partial charge in [0, 0.05) is 11.8 Å². The Hall–Kier alpha value is -2.63. The fraction of sp³-hybridized carbons (Fsp3) is 0.267. The monoisotopic (exact) mass is 286 g/mol. The summed E-state index contributed by atoms with van der Waals surface area (Å²) < 4.78 is 0. The van der Waals surface area contributed by atoms with Gasteiger partial charge in [0.25, 0.3) is 11.8 Å². The van der Waals surface area contributed by atoms with Crippen LogP contribution in [0.15, 0.2) is 36.8 Å². The zero-order chi connectivity index (χ0) is 15.5. The van der Waals surface area contributed by atoms with Crippen molar-refractivity contribution in [3.05, 3.63) is 53.6 Å². The predicted molar refractivity (Wildman–Crippen MR) is 78.7 cm³/mol. The third kappa shape index (κ3) is 3.68. The van der Waals surface area contributed by atoms with Crippen LogP contribution < -0.4 is 10.9 Å². The van der Waals surface area contributed by atoms with Gasteiger partial charge < -0.3 is 4.98 Å². The largest absolute Gasteiger partial charge is 0.350 e. The molecule has 21 heavy (non-hydrogen) atoms. The molecule has 0 saturated heterocycles. The summed E-state index contributed by atoms with van der Waals surface area (Å²) in [6.07, 6.45) is 2.83. The van der Waals surface area contributed by atoms with Gasteiger partial charge in [-0.3, -0.25) is 20.4 Å². The molecule has 1 aromatic carbocycles. The van der Waals surface area contributed by atoms with Crippen LogP contribution in [0.2, 0.25) is 0 Å². The quantitative estimate of drug-likeness (QED) is 0.735. The number of amides is 2. The van der Waals surface area contributed by atoms with Crippen LogP contribution in [0.4, 0.5) is 0 Å². The molecule has 0 aliphatic carbocycles. The lowest BCUT2D eigenvalue weighted by Gasteiger charge is -2.19. The maximum absolute atomic E-state index is 11.9. The Morgan fingerprint density at radius 3 is 2.19 bits per heavy atom. The molecule has 2 aromatic rings. The third-order valence-corrected chi connectivity index (χ3v) is 3.03. The Morgan fingerprint density at radius 2 is 1.67 bits per heavy atom. The average Bonchev–Trinajstić information content (AvgIpc) is 2.98. The first-order valence-corrected chi connectivity index (χ1v) is 6.58. The number of aromatic nitrogens is 2. The Bertz CT molecular complexity index is 625. The summed E-state index contributed by atoms with van der Waals surface area (Å²) in [6.45, 7) is 6.31. The van der Waals surface area contributed by atoms with Crippen molar-refractivity contribution in [3.63, 3.8) is 0 Å². The van der Waals surface area contributed by atoms with E-state index in [2.05, 4.69) is 41.6 Å². The molecule has 6 nitrogen and oxygen atoms in total. The molecular formula is C15H18N4O2. The lowest BCUT2D eigenvalue weighted by molar-refractivity contribution is 0.0844.